The summed E-state index contributed by atoms with van der Waals surface area (Å²) in [6.07, 6.45) is 4.94. The third-order valence-corrected chi connectivity index (χ3v) is 10.6. The zero-order chi connectivity index (χ0) is 34.0. The molecule has 2 aliphatic rings. The van der Waals surface area contributed by atoms with E-state index in [-0.39, 0.29) is 29.9 Å². The SMILES string of the molecule is CC(C)(C)OC(=O)NC1CCC(C(=O)C(NS(=O)(=O)c2ccc3cc(OC4CCCC4)ccc3c2)C(F)(F)c2ccc(Br)cc2)CC1. The summed E-state index contributed by atoms with van der Waals surface area (Å²) >= 11 is 3.23. The zero-order valence-electron chi connectivity index (χ0n) is 26.7. The molecule has 2 saturated carbocycles. The molecule has 0 saturated heterocycles. The summed E-state index contributed by atoms with van der Waals surface area (Å²) in [6.45, 7) is 5.24. The van der Waals surface area contributed by atoms with Crippen LogP contribution in [0.25, 0.3) is 10.8 Å². The number of ether oxygens (including phenoxy) is 2. The Bertz CT molecular complexity index is 1700. The summed E-state index contributed by atoms with van der Waals surface area (Å²) in [7, 11) is -4.57. The molecule has 12 heteroatoms. The predicted octanol–water partition coefficient (Wildman–Crippen LogP) is 8.02. The highest BCUT2D eigenvalue weighted by atomic mass is 79.9. The molecule has 8 nitrogen and oxygen atoms in total. The van der Waals surface area contributed by atoms with Gasteiger partial charge >= 0.3 is 6.09 Å². The fraction of sp³-hybridized carbons (Fsp3) is 0.486. The van der Waals surface area contributed by atoms with Gasteiger partial charge in [-0.2, -0.15) is 13.5 Å². The summed E-state index contributed by atoms with van der Waals surface area (Å²) in [6, 6.07) is 12.2. The van der Waals surface area contributed by atoms with Crippen molar-refractivity contribution in [2.75, 3.05) is 0 Å². The molecule has 2 N–H and O–H groups in total. The molecule has 5 rings (SSSR count). The Labute approximate surface area is 283 Å². The lowest BCUT2D eigenvalue weighted by atomic mass is 9.80. The number of hydrogen-bond acceptors (Lipinski definition) is 6. The van der Waals surface area contributed by atoms with Crippen molar-refractivity contribution in [3.8, 4) is 5.75 Å². The number of amides is 1. The van der Waals surface area contributed by atoms with Gasteiger partial charge in [-0.15, -0.1) is 0 Å². The van der Waals surface area contributed by atoms with Crippen molar-refractivity contribution in [1.82, 2.24) is 10.0 Å². The number of halogens is 3. The number of Topliss-reactive ketones (excluding diaryl/α,β-unsaturated/α-hetero) is 1. The van der Waals surface area contributed by atoms with E-state index in [1.807, 2.05) is 6.07 Å². The Morgan fingerprint density at radius 1 is 0.872 bits per heavy atom. The lowest BCUT2D eigenvalue weighted by Crippen LogP contribution is -2.53. The number of alkyl carbamates (subject to hydrolysis) is 1. The van der Waals surface area contributed by atoms with Gasteiger partial charge in [-0.25, -0.2) is 13.2 Å². The summed E-state index contributed by atoms with van der Waals surface area (Å²) < 4.78 is 73.9. The van der Waals surface area contributed by atoms with Crippen LogP contribution in [0.15, 0.2) is 70.0 Å². The van der Waals surface area contributed by atoms with Gasteiger partial charge in [-0.1, -0.05) is 40.2 Å². The third kappa shape index (κ3) is 8.88. The molecule has 0 bridgehead atoms. The van der Waals surface area contributed by atoms with Gasteiger partial charge in [-0.3, -0.25) is 4.79 Å². The molecule has 1 atom stereocenters. The molecule has 0 aliphatic heterocycles. The van der Waals surface area contributed by atoms with Crippen LogP contribution >= 0.6 is 15.9 Å². The average molecular weight is 736 g/mol. The van der Waals surface area contributed by atoms with Crippen LogP contribution in [0.4, 0.5) is 13.6 Å². The van der Waals surface area contributed by atoms with Gasteiger partial charge in [0.15, 0.2) is 5.78 Å². The molecular weight excluding hydrogens is 694 g/mol. The molecule has 254 valence electrons. The maximum Gasteiger partial charge on any atom is 0.407 e. The normalized spacial score (nSPS) is 20.1. The van der Waals surface area contributed by atoms with E-state index in [0.717, 1.165) is 31.1 Å². The first-order chi connectivity index (χ1) is 22.1. The number of carbonyl (C=O) groups excluding carboxylic acids is 2. The topological polar surface area (TPSA) is 111 Å². The standard InChI is InChI=1S/C35H41BrF2N2O6S/c1-34(2,3)46-33(42)39-27-16-8-22(9-17-27)31(41)32(35(37,38)25-12-14-26(36)15-13-25)40-47(43,44)30-19-11-23-20-29(18-10-24(23)21-30)45-28-6-4-5-7-28/h10-15,18-22,27-28,32,40H,4-9,16-17H2,1-3H3,(H,39,42). The molecule has 0 heterocycles. The summed E-state index contributed by atoms with van der Waals surface area (Å²) in [5.74, 6) is -4.91. The largest absolute Gasteiger partial charge is 0.490 e. The van der Waals surface area contributed by atoms with Gasteiger partial charge in [0.2, 0.25) is 10.0 Å². The smallest absolute Gasteiger partial charge is 0.407 e. The Balaban J connectivity index is 1.36. The average Bonchev–Trinajstić information content (AvgIpc) is 3.52. The number of ketones is 1. The number of rotatable bonds is 10. The molecule has 0 radical (unpaired) electrons. The first-order valence-electron chi connectivity index (χ1n) is 16.0. The van der Waals surface area contributed by atoms with Crippen LogP contribution in [0.1, 0.15) is 77.7 Å². The maximum atomic E-state index is 16.2. The van der Waals surface area contributed by atoms with Crippen molar-refractivity contribution in [3.05, 3.63) is 70.7 Å². The number of nitrogens with one attached hydrogen (secondary N) is 2. The lowest BCUT2D eigenvalue weighted by Gasteiger charge is -2.33. The number of sulfonamides is 1. The minimum absolute atomic E-state index is 0.162. The van der Waals surface area contributed by atoms with Crippen molar-refractivity contribution in [2.24, 2.45) is 5.92 Å². The van der Waals surface area contributed by atoms with Crippen molar-refractivity contribution >= 4 is 48.6 Å². The van der Waals surface area contributed by atoms with Crippen LogP contribution in [0.2, 0.25) is 0 Å². The van der Waals surface area contributed by atoms with Crippen molar-refractivity contribution < 1.29 is 36.3 Å². The zero-order valence-corrected chi connectivity index (χ0v) is 29.1. The quantitative estimate of drug-likeness (QED) is 0.218. The lowest BCUT2D eigenvalue weighted by molar-refractivity contribution is -0.136. The minimum Gasteiger partial charge on any atom is -0.490 e. The highest BCUT2D eigenvalue weighted by Crippen LogP contribution is 2.38. The van der Waals surface area contributed by atoms with Gasteiger partial charge < -0.3 is 14.8 Å². The number of fused-ring (bicyclic) bond motifs is 1. The monoisotopic (exact) mass is 734 g/mol. The Morgan fingerprint density at radius 3 is 2.13 bits per heavy atom. The molecule has 0 aromatic heterocycles. The van der Waals surface area contributed by atoms with Crippen molar-refractivity contribution in [1.29, 1.82) is 0 Å². The van der Waals surface area contributed by atoms with Gasteiger partial charge in [0.1, 0.15) is 17.4 Å². The molecule has 1 unspecified atom stereocenters. The van der Waals surface area contributed by atoms with E-state index in [9.17, 15) is 18.0 Å². The Kier molecular flexibility index (Phi) is 10.6. The second-order valence-electron chi connectivity index (χ2n) is 13.5. The van der Waals surface area contributed by atoms with Gasteiger partial charge in [0.05, 0.1) is 11.0 Å². The van der Waals surface area contributed by atoms with Crippen LogP contribution in [-0.4, -0.2) is 44.1 Å². The summed E-state index contributed by atoms with van der Waals surface area (Å²) in [5, 5.41) is 4.10. The first kappa shape index (κ1) is 35.2. The van der Waals surface area contributed by atoms with Crippen LogP contribution in [0, 0.1) is 5.92 Å². The molecule has 47 heavy (non-hydrogen) atoms. The van der Waals surface area contributed by atoms with Gasteiger partial charge in [0.25, 0.3) is 5.92 Å². The van der Waals surface area contributed by atoms with E-state index in [1.54, 1.807) is 39.0 Å². The molecular formula is C35H41BrF2N2O6S. The van der Waals surface area contributed by atoms with E-state index >= 15 is 8.78 Å². The maximum absolute atomic E-state index is 16.2. The first-order valence-corrected chi connectivity index (χ1v) is 18.3. The second-order valence-corrected chi connectivity index (χ2v) is 16.1. The molecule has 0 spiro atoms. The van der Waals surface area contributed by atoms with Crippen LogP contribution in [-0.2, 0) is 25.5 Å². The highest BCUT2D eigenvalue weighted by molar-refractivity contribution is 9.10. The molecule has 1 amide bonds. The van der Waals surface area contributed by atoms with Crippen LogP contribution in [0.3, 0.4) is 0 Å². The van der Waals surface area contributed by atoms with Crippen LogP contribution < -0.4 is 14.8 Å². The second kappa shape index (κ2) is 14.2. The number of alkyl halides is 2. The van der Waals surface area contributed by atoms with Crippen molar-refractivity contribution in [3.63, 3.8) is 0 Å². The molecule has 2 aliphatic carbocycles. The molecule has 3 aromatic rings. The third-order valence-electron chi connectivity index (χ3n) is 8.70. The Morgan fingerprint density at radius 2 is 1.49 bits per heavy atom. The Hall–Kier alpha value is -3.09. The van der Waals surface area contributed by atoms with Gasteiger partial charge in [0, 0.05) is 22.0 Å². The minimum atomic E-state index is -4.57. The van der Waals surface area contributed by atoms with E-state index < -0.39 is 50.9 Å². The highest BCUT2D eigenvalue weighted by Gasteiger charge is 2.50. The summed E-state index contributed by atoms with van der Waals surface area (Å²) in [5.41, 5.74) is -1.17. The number of carbonyl (C=O) groups is 2. The van der Waals surface area contributed by atoms with E-state index in [1.165, 1.54) is 36.4 Å². The number of benzene rings is 3. The van der Waals surface area contributed by atoms with Gasteiger partial charge in [-0.05, 0) is 119 Å². The van der Waals surface area contributed by atoms with Crippen LogP contribution in [0.5, 0.6) is 5.75 Å². The van der Waals surface area contributed by atoms with E-state index in [0.29, 0.717) is 28.5 Å². The summed E-state index contributed by atoms with van der Waals surface area (Å²) in [4.78, 5) is 25.9. The van der Waals surface area contributed by atoms with Crippen molar-refractivity contribution in [2.45, 2.75) is 107 Å². The van der Waals surface area contributed by atoms with E-state index in [2.05, 4.69) is 26.0 Å². The molecule has 2 fully saturated rings. The predicted molar refractivity (Wildman–Crippen MR) is 179 cm³/mol. The fourth-order valence-electron chi connectivity index (χ4n) is 6.25. The fourth-order valence-corrected chi connectivity index (χ4v) is 7.75. The molecule has 3 aromatic carbocycles. The number of hydrogen-bond donors (Lipinski definition) is 2. The van der Waals surface area contributed by atoms with E-state index in [4.69, 9.17) is 9.47 Å².